The zero-order valence-corrected chi connectivity index (χ0v) is 18.2. The van der Waals surface area contributed by atoms with Gasteiger partial charge in [-0.15, -0.1) is 0 Å². The van der Waals surface area contributed by atoms with E-state index in [0.29, 0.717) is 19.6 Å². The Morgan fingerprint density at radius 2 is 2.07 bits per heavy atom. The number of rotatable bonds is 10. The third-order valence-electron chi connectivity index (χ3n) is 5.34. The van der Waals surface area contributed by atoms with Crippen molar-refractivity contribution in [3.05, 3.63) is 41.5 Å². The quantitative estimate of drug-likeness (QED) is 0.539. The van der Waals surface area contributed by atoms with Crippen LogP contribution in [0.15, 0.2) is 24.4 Å². The van der Waals surface area contributed by atoms with Crippen molar-refractivity contribution >= 4 is 0 Å². The Labute approximate surface area is 178 Å². The van der Waals surface area contributed by atoms with E-state index in [4.69, 9.17) is 9.47 Å². The van der Waals surface area contributed by atoms with Gasteiger partial charge in [0, 0.05) is 43.6 Å². The number of nitrogens with zero attached hydrogens (tertiary/aromatic N) is 3. The first kappa shape index (κ1) is 22.6. The number of H-pyrrole nitrogens is 1. The molecule has 0 amide bonds. The lowest BCUT2D eigenvalue weighted by Gasteiger charge is -2.31. The number of aromatic nitrogens is 2. The molecular weight excluding hydrogens is 384 g/mol. The van der Waals surface area contributed by atoms with Crippen molar-refractivity contribution in [1.82, 2.24) is 19.8 Å². The number of hydrogen-bond donors (Lipinski definition) is 3. The number of β-amino-alcohol motifs (C(OH)–C–C–N with tert-alkyl or cyclic N) is 1. The summed E-state index contributed by atoms with van der Waals surface area (Å²) in [5.74, 6) is 2.43. The van der Waals surface area contributed by atoms with Gasteiger partial charge in [0.1, 0.15) is 30.0 Å². The molecule has 1 atom stereocenters. The molecule has 2 aromatic rings. The highest BCUT2D eigenvalue weighted by atomic mass is 16.5. The van der Waals surface area contributed by atoms with Crippen molar-refractivity contribution in [2.75, 3.05) is 40.4 Å². The second-order valence-corrected chi connectivity index (χ2v) is 8.16. The van der Waals surface area contributed by atoms with Crippen LogP contribution in [0.1, 0.15) is 29.9 Å². The van der Waals surface area contributed by atoms with E-state index in [0.717, 1.165) is 54.5 Å². The average molecular weight is 419 g/mol. The second-order valence-electron chi connectivity index (χ2n) is 8.16. The van der Waals surface area contributed by atoms with Crippen molar-refractivity contribution in [2.45, 2.75) is 45.1 Å². The van der Waals surface area contributed by atoms with Gasteiger partial charge in [-0.3, -0.25) is 4.90 Å². The highest BCUT2D eigenvalue weighted by Crippen LogP contribution is 2.26. The Morgan fingerprint density at radius 1 is 1.30 bits per heavy atom. The summed E-state index contributed by atoms with van der Waals surface area (Å²) in [6.07, 6.45) is 2.56. The van der Waals surface area contributed by atoms with Crippen molar-refractivity contribution in [3.63, 3.8) is 0 Å². The molecule has 3 rings (SSSR count). The first-order valence-corrected chi connectivity index (χ1v) is 10.5. The summed E-state index contributed by atoms with van der Waals surface area (Å²) >= 11 is 0. The summed E-state index contributed by atoms with van der Waals surface area (Å²) in [7, 11) is 3.68. The smallest absolute Gasteiger partial charge is 0.124 e. The van der Waals surface area contributed by atoms with Gasteiger partial charge in [0.05, 0.1) is 19.8 Å². The van der Waals surface area contributed by atoms with Crippen LogP contribution in [-0.2, 0) is 13.1 Å². The number of benzene rings is 1. The molecule has 1 fully saturated rings. The predicted molar refractivity (Wildman–Crippen MR) is 115 cm³/mol. The molecular formula is C22H34N4O4. The van der Waals surface area contributed by atoms with E-state index in [1.165, 1.54) is 0 Å². The molecule has 8 nitrogen and oxygen atoms in total. The van der Waals surface area contributed by atoms with Gasteiger partial charge >= 0.3 is 0 Å². The number of piperidine rings is 1. The molecule has 2 heterocycles. The Hall–Kier alpha value is -2.13. The maximum atomic E-state index is 10.4. The number of methoxy groups -OCH3 is 1. The number of aliphatic hydroxyl groups excluding tert-OH is 2. The second kappa shape index (κ2) is 10.8. The molecule has 30 heavy (non-hydrogen) atoms. The van der Waals surface area contributed by atoms with Crippen LogP contribution in [0.4, 0.5) is 0 Å². The lowest BCUT2D eigenvalue weighted by Crippen LogP contribution is -2.41. The maximum Gasteiger partial charge on any atom is 0.124 e. The third-order valence-corrected chi connectivity index (χ3v) is 5.34. The van der Waals surface area contributed by atoms with Gasteiger partial charge in [0.15, 0.2) is 0 Å². The molecule has 1 aromatic heterocycles. The molecule has 3 N–H and O–H groups in total. The molecule has 0 spiro atoms. The molecule has 0 bridgehead atoms. The highest BCUT2D eigenvalue weighted by molar-refractivity contribution is 5.40. The summed E-state index contributed by atoms with van der Waals surface area (Å²) in [4.78, 5) is 11.9. The van der Waals surface area contributed by atoms with Crippen LogP contribution < -0.4 is 9.47 Å². The van der Waals surface area contributed by atoms with Gasteiger partial charge in [0.2, 0.25) is 0 Å². The fourth-order valence-electron chi connectivity index (χ4n) is 3.74. The number of aromatic amines is 1. The SMILES string of the molecule is COc1ccc(OCC(O)CN2CCC(O)CC2)c(CN(C)Cc2ncc(C)[nH]2)c1. The van der Waals surface area contributed by atoms with E-state index in [-0.39, 0.29) is 12.7 Å². The summed E-state index contributed by atoms with van der Waals surface area (Å²) in [5.41, 5.74) is 2.04. The van der Waals surface area contributed by atoms with Crippen LogP contribution in [0, 0.1) is 6.92 Å². The van der Waals surface area contributed by atoms with Crippen molar-refractivity contribution in [1.29, 1.82) is 0 Å². The first-order chi connectivity index (χ1) is 14.4. The topological polar surface area (TPSA) is 94.1 Å². The minimum Gasteiger partial charge on any atom is -0.497 e. The number of ether oxygens (including phenoxy) is 2. The van der Waals surface area contributed by atoms with E-state index >= 15 is 0 Å². The first-order valence-electron chi connectivity index (χ1n) is 10.5. The van der Waals surface area contributed by atoms with E-state index in [1.54, 1.807) is 7.11 Å². The van der Waals surface area contributed by atoms with E-state index in [1.807, 2.05) is 38.4 Å². The number of likely N-dealkylation sites (tertiary alicyclic amines) is 1. The Balaban J connectivity index is 1.57. The Bertz CT molecular complexity index is 789. The van der Waals surface area contributed by atoms with Gasteiger partial charge in [-0.25, -0.2) is 4.98 Å². The van der Waals surface area contributed by atoms with Gasteiger partial charge in [0.25, 0.3) is 0 Å². The standard InChI is InChI=1S/C22H34N4O4/c1-16-11-23-22(24-16)14-25(2)12-17-10-20(29-3)4-5-21(17)30-15-19(28)13-26-8-6-18(27)7-9-26/h4-5,10-11,18-19,27-28H,6-9,12-15H2,1-3H3,(H,23,24). The number of nitrogens with one attached hydrogen (secondary N) is 1. The van der Waals surface area contributed by atoms with Gasteiger partial charge in [-0.05, 0) is 45.0 Å². The van der Waals surface area contributed by atoms with Crippen molar-refractivity contribution in [2.24, 2.45) is 0 Å². The Morgan fingerprint density at radius 3 is 2.73 bits per heavy atom. The van der Waals surface area contributed by atoms with Crippen molar-refractivity contribution < 1.29 is 19.7 Å². The third kappa shape index (κ3) is 6.70. The summed E-state index contributed by atoms with van der Waals surface area (Å²) < 4.78 is 11.4. The minimum atomic E-state index is -0.584. The van der Waals surface area contributed by atoms with E-state index in [2.05, 4.69) is 19.8 Å². The molecule has 0 saturated carbocycles. The van der Waals surface area contributed by atoms with Crippen LogP contribution in [0.25, 0.3) is 0 Å². The summed E-state index contributed by atoms with van der Waals surface area (Å²) in [5, 5.41) is 20.0. The van der Waals surface area contributed by atoms with Gasteiger partial charge in [-0.2, -0.15) is 0 Å². The molecule has 1 aliphatic heterocycles. The van der Waals surface area contributed by atoms with Crippen molar-refractivity contribution in [3.8, 4) is 11.5 Å². The molecule has 1 unspecified atom stereocenters. The zero-order valence-electron chi connectivity index (χ0n) is 18.2. The lowest BCUT2D eigenvalue weighted by molar-refractivity contribution is 0.0335. The molecule has 1 saturated heterocycles. The molecule has 1 aromatic carbocycles. The Kier molecular flexibility index (Phi) is 8.09. The molecule has 0 radical (unpaired) electrons. The van der Waals surface area contributed by atoms with Crippen LogP contribution in [0.3, 0.4) is 0 Å². The largest absolute Gasteiger partial charge is 0.497 e. The fourth-order valence-corrected chi connectivity index (χ4v) is 3.74. The average Bonchev–Trinajstić information content (AvgIpc) is 3.13. The number of aliphatic hydroxyl groups is 2. The zero-order chi connectivity index (χ0) is 21.5. The van der Waals surface area contributed by atoms with E-state index < -0.39 is 6.10 Å². The minimum absolute atomic E-state index is 0.210. The normalized spacial score (nSPS) is 16.7. The van der Waals surface area contributed by atoms with E-state index in [9.17, 15) is 10.2 Å². The highest BCUT2D eigenvalue weighted by Gasteiger charge is 2.20. The van der Waals surface area contributed by atoms with Gasteiger partial charge < -0.3 is 29.6 Å². The fraction of sp³-hybridized carbons (Fsp3) is 0.591. The molecule has 1 aliphatic rings. The lowest BCUT2D eigenvalue weighted by atomic mass is 10.1. The van der Waals surface area contributed by atoms with Crippen LogP contribution in [0.5, 0.6) is 11.5 Å². The van der Waals surface area contributed by atoms with Gasteiger partial charge in [-0.1, -0.05) is 0 Å². The summed E-state index contributed by atoms with van der Waals surface area (Å²) in [6, 6.07) is 5.73. The molecule has 8 heteroatoms. The number of hydrogen-bond acceptors (Lipinski definition) is 7. The van der Waals surface area contributed by atoms with Crippen LogP contribution in [-0.4, -0.2) is 82.6 Å². The monoisotopic (exact) mass is 418 g/mol. The van der Waals surface area contributed by atoms with Crippen LogP contribution in [0.2, 0.25) is 0 Å². The predicted octanol–water partition coefficient (Wildman–Crippen LogP) is 1.56. The molecule has 0 aliphatic carbocycles. The van der Waals surface area contributed by atoms with Crippen LogP contribution >= 0.6 is 0 Å². The molecule has 166 valence electrons. The number of aryl methyl sites for hydroxylation is 1. The summed E-state index contributed by atoms with van der Waals surface area (Å²) in [6.45, 7) is 5.73. The number of imidazole rings is 1. The maximum absolute atomic E-state index is 10.4.